The fraction of sp³-hybridized carbons (Fsp3) is 0.368. The summed E-state index contributed by atoms with van der Waals surface area (Å²) in [7, 11) is 10.9. The lowest BCUT2D eigenvalue weighted by Crippen LogP contribution is -2.33. The molecule has 0 unspecified atom stereocenters. The summed E-state index contributed by atoms with van der Waals surface area (Å²) in [6.07, 6.45) is 3.34. The van der Waals surface area contributed by atoms with Crippen LogP contribution in [0.15, 0.2) is 60.7 Å². The maximum atomic E-state index is 10.4. The van der Waals surface area contributed by atoms with Gasteiger partial charge in [-0.3, -0.25) is 9.80 Å². The van der Waals surface area contributed by atoms with Crippen molar-refractivity contribution in [3.8, 4) is 45.6 Å². The molecule has 2 atom stereocenters. The van der Waals surface area contributed by atoms with Gasteiger partial charge in [0.1, 0.15) is 11.5 Å². The Balaban J connectivity index is 1.36. The molecule has 4 aromatic carbocycles. The second-order valence-corrected chi connectivity index (χ2v) is 12.4. The molecule has 2 heterocycles. The Kier molecular flexibility index (Phi) is 9.02. The maximum Gasteiger partial charge on any atom is 0.160 e. The Hall–Kier alpha value is -4.40. The summed E-state index contributed by atoms with van der Waals surface area (Å²) >= 11 is 0. The van der Waals surface area contributed by atoms with E-state index >= 15 is 0 Å². The number of methoxy groups -OCH3 is 4. The molecule has 8 heteroatoms. The molecule has 0 saturated carbocycles. The molecule has 2 aliphatic rings. The highest BCUT2D eigenvalue weighted by Crippen LogP contribution is 2.43. The first-order valence-electron chi connectivity index (χ1n) is 15.8. The SMILES string of the molecule is COc1cc2c(cc1O)CCN(C)[C@@H]2Cc1ccc(OC)c(-c2cc(C[C@H]3c4cc(OC)c(O)cc4CCN3C)ccc2OC)c1. The van der Waals surface area contributed by atoms with Crippen molar-refractivity contribution in [2.75, 3.05) is 55.6 Å². The summed E-state index contributed by atoms with van der Waals surface area (Å²) in [4.78, 5) is 4.74. The molecule has 0 bridgehead atoms. The van der Waals surface area contributed by atoms with Gasteiger partial charge in [0.15, 0.2) is 23.0 Å². The van der Waals surface area contributed by atoms with E-state index in [9.17, 15) is 10.2 Å². The lowest BCUT2D eigenvalue weighted by atomic mass is 9.87. The van der Waals surface area contributed by atoms with Crippen LogP contribution >= 0.6 is 0 Å². The first kappa shape index (κ1) is 31.6. The molecular formula is C38H44N2O6. The maximum absolute atomic E-state index is 10.4. The molecule has 0 saturated heterocycles. The molecule has 0 fully saturated rings. The average molecular weight is 625 g/mol. The van der Waals surface area contributed by atoms with E-state index in [4.69, 9.17) is 18.9 Å². The minimum absolute atomic E-state index is 0.131. The number of hydrogen-bond donors (Lipinski definition) is 2. The van der Waals surface area contributed by atoms with Crippen molar-refractivity contribution in [1.82, 2.24) is 9.80 Å². The Labute approximate surface area is 271 Å². The zero-order valence-electron chi connectivity index (χ0n) is 27.6. The highest BCUT2D eigenvalue weighted by atomic mass is 16.5. The van der Waals surface area contributed by atoms with Gasteiger partial charge in [-0.1, -0.05) is 12.1 Å². The molecule has 0 aliphatic carbocycles. The molecular weight excluding hydrogens is 580 g/mol. The van der Waals surface area contributed by atoms with Crippen LogP contribution in [0, 0.1) is 0 Å². The van der Waals surface area contributed by atoms with Crippen molar-refractivity contribution in [3.63, 3.8) is 0 Å². The lowest BCUT2D eigenvalue weighted by Gasteiger charge is -2.35. The third kappa shape index (κ3) is 5.95. The summed E-state index contributed by atoms with van der Waals surface area (Å²) < 4.78 is 22.7. The minimum Gasteiger partial charge on any atom is -0.504 e. The number of fused-ring (bicyclic) bond motifs is 2. The molecule has 242 valence electrons. The van der Waals surface area contributed by atoms with Crippen molar-refractivity contribution >= 4 is 0 Å². The monoisotopic (exact) mass is 624 g/mol. The van der Waals surface area contributed by atoms with Crippen molar-refractivity contribution < 1.29 is 29.2 Å². The van der Waals surface area contributed by atoms with Gasteiger partial charge in [-0.2, -0.15) is 0 Å². The molecule has 0 spiro atoms. The molecule has 2 N–H and O–H groups in total. The number of hydrogen-bond acceptors (Lipinski definition) is 8. The molecule has 2 aliphatic heterocycles. The summed E-state index contributed by atoms with van der Waals surface area (Å²) in [6, 6.07) is 20.7. The van der Waals surface area contributed by atoms with Crippen LogP contribution in [0.4, 0.5) is 0 Å². The van der Waals surface area contributed by atoms with Crippen LogP contribution in [0.3, 0.4) is 0 Å². The van der Waals surface area contributed by atoms with Crippen LogP contribution in [0.5, 0.6) is 34.5 Å². The number of aromatic hydroxyl groups is 2. The molecule has 4 aromatic rings. The summed E-state index contributed by atoms with van der Waals surface area (Å²) in [6.45, 7) is 1.82. The van der Waals surface area contributed by atoms with Gasteiger partial charge in [0.05, 0.1) is 28.4 Å². The third-order valence-electron chi connectivity index (χ3n) is 9.81. The summed E-state index contributed by atoms with van der Waals surface area (Å²) in [5, 5.41) is 20.8. The second kappa shape index (κ2) is 13.1. The predicted octanol–water partition coefficient (Wildman–Crippen LogP) is 6.34. The molecule has 0 amide bonds. The van der Waals surface area contributed by atoms with Gasteiger partial charge in [-0.15, -0.1) is 0 Å². The number of ether oxygens (including phenoxy) is 4. The van der Waals surface area contributed by atoms with E-state index in [-0.39, 0.29) is 23.6 Å². The Morgan fingerprint density at radius 3 is 1.33 bits per heavy atom. The number of phenolic OH excluding ortho intramolecular Hbond substituents is 2. The lowest BCUT2D eigenvalue weighted by molar-refractivity contribution is 0.228. The molecule has 0 radical (unpaired) electrons. The van der Waals surface area contributed by atoms with Crippen LogP contribution in [0.25, 0.3) is 11.1 Å². The summed E-state index contributed by atoms with van der Waals surface area (Å²) in [5.74, 6) is 2.92. The van der Waals surface area contributed by atoms with E-state index in [1.807, 2.05) is 36.4 Å². The Morgan fingerprint density at radius 1 is 0.565 bits per heavy atom. The van der Waals surface area contributed by atoms with Crippen LogP contribution in [0.1, 0.15) is 45.5 Å². The van der Waals surface area contributed by atoms with Crippen molar-refractivity contribution in [2.45, 2.75) is 37.8 Å². The smallest absolute Gasteiger partial charge is 0.160 e. The van der Waals surface area contributed by atoms with Crippen LogP contribution in [-0.2, 0) is 25.7 Å². The molecule has 0 aromatic heterocycles. The third-order valence-corrected chi connectivity index (χ3v) is 9.81. The number of likely N-dealkylation sites (N-methyl/N-ethyl adjacent to an activating group) is 2. The average Bonchev–Trinajstić information content (AvgIpc) is 3.06. The van der Waals surface area contributed by atoms with Crippen LogP contribution in [0.2, 0.25) is 0 Å². The fourth-order valence-electron chi connectivity index (χ4n) is 7.18. The first-order chi connectivity index (χ1) is 22.2. The van der Waals surface area contributed by atoms with Gasteiger partial charge in [-0.25, -0.2) is 0 Å². The van der Waals surface area contributed by atoms with Crippen LogP contribution in [-0.4, -0.2) is 75.6 Å². The highest BCUT2D eigenvalue weighted by molar-refractivity contribution is 5.77. The molecule has 46 heavy (non-hydrogen) atoms. The zero-order valence-corrected chi connectivity index (χ0v) is 27.6. The Morgan fingerprint density at radius 2 is 0.957 bits per heavy atom. The predicted molar refractivity (Wildman–Crippen MR) is 180 cm³/mol. The number of benzene rings is 4. The number of phenols is 2. The van der Waals surface area contributed by atoms with Gasteiger partial charge < -0.3 is 29.2 Å². The van der Waals surface area contributed by atoms with E-state index < -0.39 is 0 Å². The molecule has 8 nitrogen and oxygen atoms in total. The largest absolute Gasteiger partial charge is 0.504 e. The number of nitrogens with zero attached hydrogens (tertiary/aromatic N) is 2. The van der Waals surface area contributed by atoms with Crippen molar-refractivity contribution in [3.05, 3.63) is 94.0 Å². The van der Waals surface area contributed by atoms with E-state index in [0.29, 0.717) is 11.5 Å². The molecule has 6 rings (SSSR count). The van der Waals surface area contributed by atoms with Crippen LogP contribution < -0.4 is 18.9 Å². The topological polar surface area (TPSA) is 83.9 Å². The number of rotatable bonds is 9. The van der Waals surface area contributed by atoms with E-state index in [0.717, 1.165) is 72.5 Å². The van der Waals surface area contributed by atoms with Crippen molar-refractivity contribution in [2.24, 2.45) is 0 Å². The van der Waals surface area contributed by atoms with Gasteiger partial charge in [0, 0.05) is 36.3 Å². The quantitative estimate of drug-likeness (QED) is 0.223. The highest BCUT2D eigenvalue weighted by Gasteiger charge is 2.29. The van der Waals surface area contributed by atoms with E-state index in [1.165, 1.54) is 22.3 Å². The van der Waals surface area contributed by atoms with E-state index in [1.54, 1.807) is 28.4 Å². The van der Waals surface area contributed by atoms with Gasteiger partial charge >= 0.3 is 0 Å². The minimum atomic E-state index is 0.131. The first-order valence-corrected chi connectivity index (χ1v) is 15.8. The summed E-state index contributed by atoms with van der Waals surface area (Å²) in [5.41, 5.74) is 8.98. The zero-order chi connectivity index (χ0) is 32.5. The van der Waals surface area contributed by atoms with Gasteiger partial charge in [0.25, 0.3) is 0 Å². The Bertz CT molecular complexity index is 1610. The second-order valence-electron chi connectivity index (χ2n) is 12.4. The van der Waals surface area contributed by atoms with Crippen molar-refractivity contribution in [1.29, 1.82) is 0 Å². The standard InChI is InChI=1S/C38H44N2O6/c1-39-13-11-25-19-33(41)37(45-5)21-27(25)31(39)17-23-7-9-35(43-3)29(15-23)30-16-24(8-10-36(30)44-4)18-32-28-22-38(46-6)34(42)20-26(28)12-14-40(32)2/h7-10,15-16,19-22,31-32,41-42H,11-14,17-18H2,1-6H3/t31-,32+. The van der Waals surface area contributed by atoms with Gasteiger partial charge in [0.2, 0.25) is 0 Å². The van der Waals surface area contributed by atoms with Gasteiger partial charge in [-0.05, 0) is 122 Å². The normalized spacial score (nSPS) is 18.0. The van der Waals surface area contributed by atoms with E-state index in [2.05, 4.69) is 48.2 Å². The fourth-order valence-corrected chi connectivity index (χ4v) is 7.18.